The van der Waals surface area contributed by atoms with E-state index in [1.165, 1.54) is 12.8 Å². The van der Waals surface area contributed by atoms with Gasteiger partial charge in [-0.1, -0.05) is 18.2 Å². The van der Waals surface area contributed by atoms with Gasteiger partial charge in [0.1, 0.15) is 11.5 Å². The van der Waals surface area contributed by atoms with Crippen LogP contribution in [0.5, 0.6) is 11.5 Å². The first-order valence-electron chi connectivity index (χ1n) is 8.95. The third kappa shape index (κ3) is 4.52. The molecule has 0 atom stereocenters. The first kappa shape index (κ1) is 18.2. The van der Waals surface area contributed by atoms with Crippen molar-refractivity contribution < 1.29 is 14.3 Å². The fourth-order valence-corrected chi connectivity index (χ4v) is 3.25. The van der Waals surface area contributed by atoms with Crippen molar-refractivity contribution >= 4 is 11.9 Å². The summed E-state index contributed by atoms with van der Waals surface area (Å²) in [6, 6.07) is 13.3. The summed E-state index contributed by atoms with van der Waals surface area (Å²) >= 11 is 0. The van der Waals surface area contributed by atoms with Gasteiger partial charge in [0.05, 0.1) is 14.2 Å². The number of hydrogen-bond acceptors (Lipinski definition) is 4. The Balaban J connectivity index is 1.76. The highest BCUT2D eigenvalue weighted by Gasteiger charge is 2.15. The molecule has 0 aromatic heterocycles. The number of hydrogen-bond donors (Lipinski definition) is 0. The summed E-state index contributed by atoms with van der Waals surface area (Å²) in [6.45, 7) is 3.04. The van der Waals surface area contributed by atoms with Gasteiger partial charge in [-0.3, -0.25) is 9.69 Å². The Morgan fingerprint density at radius 2 is 1.88 bits per heavy atom. The summed E-state index contributed by atoms with van der Waals surface area (Å²) in [7, 11) is 3.31. The van der Waals surface area contributed by atoms with Crippen LogP contribution in [-0.2, 0) is 6.54 Å². The molecule has 1 heterocycles. The van der Waals surface area contributed by atoms with Gasteiger partial charge in [-0.25, -0.2) is 0 Å². The van der Waals surface area contributed by atoms with Crippen LogP contribution in [0.15, 0.2) is 48.5 Å². The molecule has 2 aromatic carbocycles. The average Bonchev–Trinajstić information content (AvgIpc) is 3.19. The van der Waals surface area contributed by atoms with Crippen molar-refractivity contribution in [2.24, 2.45) is 0 Å². The minimum Gasteiger partial charge on any atom is -0.497 e. The molecule has 1 aliphatic rings. The zero-order valence-corrected chi connectivity index (χ0v) is 15.4. The monoisotopic (exact) mass is 351 g/mol. The first-order chi connectivity index (χ1) is 12.7. The highest BCUT2D eigenvalue weighted by molar-refractivity contribution is 6.07. The highest BCUT2D eigenvalue weighted by Crippen LogP contribution is 2.24. The van der Waals surface area contributed by atoms with E-state index >= 15 is 0 Å². The maximum Gasteiger partial charge on any atom is 0.185 e. The van der Waals surface area contributed by atoms with E-state index in [2.05, 4.69) is 4.90 Å². The van der Waals surface area contributed by atoms with E-state index in [0.717, 1.165) is 42.3 Å². The normalized spacial score (nSPS) is 14.7. The van der Waals surface area contributed by atoms with Crippen molar-refractivity contribution in [1.29, 1.82) is 0 Å². The van der Waals surface area contributed by atoms with Crippen LogP contribution in [0, 0.1) is 0 Å². The van der Waals surface area contributed by atoms with Gasteiger partial charge in [0.15, 0.2) is 5.78 Å². The van der Waals surface area contributed by atoms with Crippen molar-refractivity contribution in [2.75, 3.05) is 27.3 Å². The Bertz CT molecular complexity index is 792. The van der Waals surface area contributed by atoms with E-state index in [1.807, 2.05) is 48.5 Å². The smallest absolute Gasteiger partial charge is 0.185 e. The molecule has 2 aromatic rings. The van der Waals surface area contributed by atoms with E-state index in [4.69, 9.17) is 9.47 Å². The molecule has 1 fully saturated rings. The lowest BCUT2D eigenvalue weighted by atomic mass is 10.0. The van der Waals surface area contributed by atoms with Gasteiger partial charge < -0.3 is 9.47 Å². The maximum absolute atomic E-state index is 12.6. The molecule has 4 heteroatoms. The lowest BCUT2D eigenvalue weighted by Crippen LogP contribution is -2.19. The lowest BCUT2D eigenvalue weighted by Gasteiger charge is -2.17. The molecule has 1 saturated heterocycles. The third-order valence-electron chi connectivity index (χ3n) is 4.68. The Labute approximate surface area is 155 Å². The summed E-state index contributed by atoms with van der Waals surface area (Å²) in [5.74, 6) is 1.60. The van der Waals surface area contributed by atoms with Crippen molar-refractivity contribution in [3.05, 3.63) is 65.2 Å². The topological polar surface area (TPSA) is 38.8 Å². The summed E-state index contributed by atoms with van der Waals surface area (Å²) in [6.07, 6.45) is 5.90. The van der Waals surface area contributed by atoms with Crippen LogP contribution in [0.4, 0.5) is 0 Å². The Morgan fingerprint density at radius 1 is 1.08 bits per heavy atom. The van der Waals surface area contributed by atoms with E-state index in [9.17, 15) is 4.79 Å². The lowest BCUT2D eigenvalue weighted by molar-refractivity contribution is 0.104. The summed E-state index contributed by atoms with van der Waals surface area (Å²) < 4.78 is 10.7. The molecular weight excluding hydrogens is 326 g/mol. The van der Waals surface area contributed by atoms with Gasteiger partial charge in [0.2, 0.25) is 0 Å². The molecule has 0 spiro atoms. The van der Waals surface area contributed by atoms with Gasteiger partial charge in [0, 0.05) is 17.7 Å². The molecule has 0 saturated carbocycles. The number of carbonyl (C=O) groups is 1. The van der Waals surface area contributed by atoms with Crippen LogP contribution in [0.3, 0.4) is 0 Å². The fraction of sp³-hybridized carbons (Fsp3) is 0.318. The number of nitrogens with zero attached hydrogens (tertiary/aromatic N) is 1. The molecule has 3 rings (SSSR count). The highest BCUT2D eigenvalue weighted by atomic mass is 16.5. The second-order valence-electron chi connectivity index (χ2n) is 6.48. The summed E-state index contributed by atoms with van der Waals surface area (Å²) in [5, 5.41) is 0. The molecule has 0 radical (unpaired) electrons. The fourth-order valence-electron chi connectivity index (χ4n) is 3.25. The Morgan fingerprint density at radius 3 is 2.62 bits per heavy atom. The minimum absolute atomic E-state index is 0.0156. The van der Waals surface area contributed by atoms with Crippen molar-refractivity contribution in [1.82, 2.24) is 4.90 Å². The molecule has 26 heavy (non-hydrogen) atoms. The number of benzene rings is 2. The first-order valence-corrected chi connectivity index (χ1v) is 8.95. The minimum atomic E-state index is -0.0156. The molecule has 0 bridgehead atoms. The number of rotatable bonds is 7. The molecule has 0 amide bonds. The average molecular weight is 351 g/mol. The van der Waals surface area contributed by atoms with Crippen molar-refractivity contribution in [3.63, 3.8) is 0 Å². The number of allylic oxidation sites excluding steroid dienone is 1. The van der Waals surface area contributed by atoms with Crippen molar-refractivity contribution in [2.45, 2.75) is 19.4 Å². The Kier molecular flexibility index (Phi) is 6.08. The van der Waals surface area contributed by atoms with Crippen LogP contribution in [0.2, 0.25) is 0 Å². The molecule has 0 N–H and O–H groups in total. The molecular formula is C22H25NO3. The number of ketones is 1. The van der Waals surface area contributed by atoms with Crippen molar-refractivity contribution in [3.8, 4) is 11.5 Å². The van der Waals surface area contributed by atoms with Gasteiger partial charge in [-0.2, -0.15) is 0 Å². The molecule has 1 aliphatic heterocycles. The van der Waals surface area contributed by atoms with E-state index in [-0.39, 0.29) is 5.78 Å². The molecule has 136 valence electrons. The van der Waals surface area contributed by atoms with Gasteiger partial charge in [-0.05, 0) is 67.9 Å². The van der Waals surface area contributed by atoms with Gasteiger partial charge in [0.25, 0.3) is 0 Å². The predicted molar refractivity (Wildman–Crippen MR) is 104 cm³/mol. The number of methoxy groups -OCH3 is 2. The second kappa shape index (κ2) is 8.68. The molecule has 0 unspecified atom stereocenters. The standard InChI is InChI=1S/C22H25NO3/c1-25-20-7-5-6-17(14-20)8-10-21(24)18-9-11-22(26-2)19(15-18)16-23-12-3-4-13-23/h5-11,14-15H,3-4,12-13,16H2,1-2H3/b10-8+. The summed E-state index contributed by atoms with van der Waals surface area (Å²) in [4.78, 5) is 15.0. The number of ether oxygens (including phenoxy) is 2. The van der Waals surface area contributed by atoms with Crippen LogP contribution in [0.1, 0.15) is 34.3 Å². The van der Waals surface area contributed by atoms with Crippen LogP contribution in [-0.4, -0.2) is 38.0 Å². The van der Waals surface area contributed by atoms with E-state index in [1.54, 1.807) is 20.3 Å². The number of carbonyl (C=O) groups excluding carboxylic acids is 1. The Hall–Kier alpha value is -2.59. The quantitative estimate of drug-likeness (QED) is 0.554. The third-order valence-corrected chi connectivity index (χ3v) is 4.68. The van der Waals surface area contributed by atoms with E-state index in [0.29, 0.717) is 5.56 Å². The molecule has 4 nitrogen and oxygen atoms in total. The second-order valence-corrected chi connectivity index (χ2v) is 6.48. The number of likely N-dealkylation sites (tertiary alicyclic amines) is 1. The zero-order chi connectivity index (χ0) is 18.4. The van der Waals surface area contributed by atoms with Crippen LogP contribution in [0.25, 0.3) is 6.08 Å². The van der Waals surface area contributed by atoms with Gasteiger partial charge in [-0.15, -0.1) is 0 Å². The van der Waals surface area contributed by atoms with Crippen LogP contribution >= 0.6 is 0 Å². The largest absolute Gasteiger partial charge is 0.497 e. The van der Waals surface area contributed by atoms with Gasteiger partial charge >= 0.3 is 0 Å². The predicted octanol–water partition coefficient (Wildman–Crippen LogP) is 4.20. The summed E-state index contributed by atoms with van der Waals surface area (Å²) in [5.41, 5.74) is 2.68. The zero-order valence-electron chi connectivity index (χ0n) is 15.4. The van der Waals surface area contributed by atoms with Crippen LogP contribution < -0.4 is 9.47 Å². The molecule has 0 aliphatic carbocycles. The maximum atomic E-state index is 12.6. The van der Waals surface area contributed by atoms with E-state index < -0.39 is 0 Å². The SMILES string of the molecule is COc1cccc(/C=C/C(=O)c2ccc(OC)c(CN3CCCC3)c2)c1.